The first-order valence-electron chi connectivity index (χ1n) is 15.1. The van der Waals surface area contributed by atoms with Crippen LogP contribution in [0, 0.1) is 0 Å². The van der Waals surface area contributed by atoms with Gasteiger partial charge in [-0.05, 0) is 67.4 Å². The lowest BCUT2D eigenvalue weighted by Crippen LogP contribution is -2.20. The Kier molecular flexibility index (Phi) is 6.51. The number of phenols is 2. The maximum absolute atomic E-state index is 14.0. The van der Waals surface area contributed by atoms with Crippen LogP contribution in [0.4, 0.5) is 16.2 Å². The van der Waals surface area contributed by atoms with E-state index in [1.807, 2.05) is 133 Å². The maximum atomic E-state index is 14.0. The van der Waals surface area contributed by atoms with E-state index in [0.29, 0.717) is 22.5 Å². The van der Waals surface area contributed by atoms with Gasteiger partial charge in [0, 0.05) is 22.3 Å². The van der Waals surface area contributed by atoms with Gasteiger partial charge in [0.1, 0.15) is 11.5 Å². The molecular weight excluding hydrogens is 568 g/mol. The van der Waals surface area contributed by atoms with E-state index in [4.69, 9.17) is 0 Å². The first kappa shape index (κ1) is 27.2. The minimum Gasteiger partial charge on any atom is -0.507 e. The quantitative estimate of drug-likeness (QED) is 0.163. The third kappa shape index (κ3) is 4.54. The molecule has 5 nitrogen and oxygen atoms in total. The monoisotopic (exact) mass is 596 g/mol. The number of fused-ring (bicyclic) bond motifs is 4. The summed E-state index contributed by atoms with van der Waals surface area (Å²) in [7, 11) is 0. The Morgan fingerprint density at radius 1 is 0.370 bits per heavy atom. The molecule has 8 aromatic rings. The second kappa shape index (κ2) is 11.0. The number of hydrogen-bond donors (Lipinski definition) is 4. The maximum Gasteiger partial charge on any atom is 0.323 e. The van der Waals surface area contributed by atoms with E-state index in [9.17, 15) is 15.0 Å². The van der Waals surface area contributed by atoms with Gasteiger partial charge in [-0.1, -0.05) is 121 Å². The van der Waals surface area contributed by atoms with E-state index in [0.717, 1.165) is 54.2 Å². The molecule has 4 N–H and O–H groups in total. The molecule has 0 aliphatic rings. The number of urea groups is 1. The Balaban J connectivity index is 1.28. The second-order valence-corrected chi connectivity index (χ2v) is 11.4. The zero-order chi connectivity index (χ0) is 31.2. The summed E-state index contributed by atoms with van der Waals surface area (Å²) in [5, 5.41) is 36.2. The zero-order valence-electron chi connectivity index (χ0n) is 24.7. The van der Waals surface area contributed by atoms with Gasteiger partial charge in [-0.25, -0.2) is 4.79 Å². The van der Waals surface area contributed by atoms with E-state index < -0.39 is 6.03 Å². The number of phenolic OH excluding ortho intramolecular Hbond substituents is 2. The Hall–Kier alpha value is -6.33. The van der Waals surface area contributed by atoms with Crippen LogP contribution in [0.5, 0.6) is 11.5 Å². The number of nitrogens with one attached hydrogen (secondary N) is 2. The highest BCUT2D eigenvalue weighted by atomic mass is 16.3. The lowest BCUT2D eigenvalue weighted by molar-refractivity contribution is 0.262. The van der Waals surface area contributed by atoms with Crippen molar-refractivity contribution in [2.45, 2.75) is 0 Å². The molecule has 220 valence electrons. The molecule has 0 bridgehead atoms. The van der Waals surface area contributed by atoms with Crippen molar-refractivity contribution in [3.8, 4) is 33.8 Å². The summed E-state index contributed by atoms with van der Waals surface area (Å²) in [5.41, 5.74) is 3.87. The van der Waals surface area contributed by atoms with Crippen LogP contribution in [0.1, 0.15) is 0 Å². The van der Waals surface area contributed by atoms with Crippen LogP contribution in [-0.4, -0.2) is 16.2 Å². The Labute approximate surface area is 265 Å². The third-order valence-corrected chi connectivity index (χ3v) is 8.67. The second-order valence-electron chi connectivity index (χ2n) is 11.4. The molecule has 8 aromatic carbocycles. The highest BCUT2D eigenvalue weighted by molar-refractivity contribution is 6.17. The number of benzene rings is 8. The number of carbonyl (C=O) groups excluding carboxylic acids is 1. The minimum atomic E-state index is -0.451. The van der Waals surface area contributed by atoms with Gasteiger partial charge in [-0.15, -0.1) is 0 Å². The van der Waals surface area contributed by atoms with Gasteiger partial charge in [-0.2, -0.15) is 0 Å². The molecule has 0 saturated heterocycles. The molecule has 0 spiro atoms. The van der Waals surface area contributed by atoms with Gasteiger partial charge in [0.15, 0.2) is 0 Å². The number of aromatic hydroxyl groups is 2. The number of hydrogen-bond acceptors (Lipinski definition) is 3. The van der Waals surface area contributed by atoms with Crippen molar-refractivity contribution in [3.05, 3.63) is 146 Å². The smallest absolute Gasteiger partial charge is 0.323 e. The predicted octanol–water partition coefficient (Wildman–Crippen LogP) is 10.7. The van der Waals surface area contributed by atoms with Gasteiger partial charge in [0.05, 0.1) is 11.4 Å². The van der Waals surface area contributed by atoms with Crippen LogP contribution in [-0.2, 0) is 0 Å². The van der Waals surface area contributed by atoms with Crippen molar-refractivity contribution in [1.29, 1.82) is 0 Å². The molecule has 0 heterocycles. The van der Waals surface area contributed by atoms with Gasteiger partial charge in [0.25, 0.3) is 0 Å². The molecule has 0 radical (unpaired) electrons. The minimum absolute atomic E-state index is 0.127. The van der Waals surface area contributed by atoms with Crippen molar-refractivity contribution in [2.24, 2.45) is 0 Å². The van der Waals surface area contributed by atoms with E-state index in [1.54, 1.807) is 12.1 Å². The van der Waals surface area contributed by atoms with E-state index >= 15 is 0 Å². The molecule has 5 heteroatoms. The van der Waals surface area contributed by atoms with Crippen LogP contribution < -0.4 is 10.6 Å². The van der Waals surface area contributed by atoms with Crippen molar-refractivity contribution in [2.75, 3.05) is 10.6 Å². The Morgan fingerprint density at radius 3 is 1.04 bits per heavy atom. The molecule has 8 rings (SSSR count). The average Bonchev–Trinajstić information content (AvgIpc) is 3.09. The Bertz CT molecular complexity index is 2310. The molecule has 0 aromatic heterocycles. The van der Waals surface area contributed by atoms with Gasteiger partial charge in [-0.3, -0.25) is 0 Å². The molecule has 2 amide bonds. The van der Waals surface area contributed by atoms with Crippen LogP contribution in [0.3, 0.4) is 0 Å². The summed E-state index contributed by atoms with van der Waals surface area (Å²) in [5.74, 6) is 0.253. The van der Waals surface area contributed by atoms with Crippen molar-refractivity contribution >= 4 is 60.5 Å². The molecule has 0 unspecified atom stereocenters. The summed E-state index contributed by atoms with van der Waals surface area (Å²) in [6.45, 7) is 0. The number of carbonyl (C=O) groups is 1. The SMILES string of the molecule is O=C(Nc1ccc2ccccc2c1-c1c(O)ccc2ccccc12)Nc1ccc2ccccc2c1-c1c(O)ccc2ccccc12. The summed E-state index contributed by atoms with van der Waals surface area (Å²) in [6.07, 6.45) is 0. The Morgan fingerprint density at radius 2 is 0.674 bits per heavy atom. The molecular formula is C41H28N2O3. The molecule has 0 aliphatic heterocycles. The largest absolute Gasteiger partial charge is 0.507 e. The normalized spacial score (nSPS) is 11.3. The van der Waals surface area contributed by atoms with Crippen LogP contribution in [0.25, 0.3) is 65.3 Å². The lowest BCUT2D eigenvalue weighted by Gasteiger charge is -2.20. The van der Waals surface area contributed by atoms with Gasteiger partial charge >= 0.3 is 6.03 Å². The van der Waals surface area contributed by atoms with E-state index in [-0.39, 0.29) is 11.5 Å². The highest BCUT2D eigenvalue weighted by Gasteiger charge is 2.21. The zero-order valence-corrected chi connectivity index (χ0v) is 24.7. The standard InChI is InChI=1S/C41H28N2O3/c44-35-23-19-27-11-3-7-15-31(27)39(35)37-29-13-5-1-9-25(29)17-21-33(37)42-41(46)43-34-22-18-26-10-2-6-14-30(26)38(34)40-32-16-8-4-12-28(32)20-24-36(40)45/h1-24,44-45H,(H2,42,43,46). The predicted molar refractivity (Wildman–Crippen MR) is 190 cm³/mol. The summed E-state index contributed by atoms with van der Waals surface area (Å²) in [4.78, 5) is 14.0. The molecule has 0 aliphatic carbocycles. The van der Waals surface area contributed by atoms with E-state index in [2.05, 4.69) is 10.6 Å². The van der Waals surface area contributed by atoms with Crippen molar-refractivity contribution in [3.63, 3.8) is 0 Å². The summed E-state index contributed by atoms with van der Waals surface area (Å²) < 4.78 is 0. The van der Waals surface area contributed by atoms with Crippen LogP contribution in [0.2, 0.25) is 0 Å². The average molecular weight is 597 g/mol. The first-order chi connectivity index (χ1) is 22.6. The molecule has 0 fully saturated rings. The first-order valence-corrected chi connectivity index (χ1v) is 15.1. The van der Waals surface area contributed by atoms with Crippen molar-refractivity contribution < 1.29 is 15.0 Å². The van der Waals surface area contributed by atoms with Gasteiger partial charge < -0.3 is 20.8 Å². The number of rotatable bonds is 4. The van der Waals surface area contributed by atoms with Crippen LogP contribution >= 0.6 is 0 Å². The molecule has 46 heavy (non-hydrogen) atoms. The molecule has 0 atom stereocenters. The lowest BCUT2D eigenvalue weighted by atomic mass is 9.91. The highest BCUT2D eigenvalue weighted by Crippen LogP contribution is 2.46. The molecule has 0 saturated carbocycles. The number of amides is 2. The van der Waals surface area contributed by atoms with Crippen molar-refractivity contribution in [1.82, 2.24) is 0 Å². The van der Waals surface area contributed by atoms with Gasteiger partial charge in [0.2, 0.25) is 0 Å². The number of anilines is 2. The fraction of sp³-hybridized carbons (Fsp3) is 0. The summed E-state index contributed by atoms with van der Waals surface area (Å²) >= 11 is 0. The topological polar surface area (TPSA) is 81.6 Å². The third-order valence-electron chi connectivity index (χ3n) is 8.67. The fourth-order valence-corrected chi connectivity index (χ4v) is 6.61. The fourth-order valence-electron chi connectivity index (χ4n) is 6.61. The van der Waals surface area contributed by atoms with E-state index in [1.165, 1.54) is 0 Å². The summed E-state index contributed by atoms with van der Waals surface area (Å²) in [6, 6.07) is 46.1. The van der Waals surface area contributed by atoms with Crippen LogP contribution in [0.15, 0.2) is 146 Å².